The lowest BCUT2D eigenvalue weighted by Crippen LogP contribution is -2.45. The minimum Gasteiger partial charge on any atom is -0.354 e. The first-order valence-corrected chi connectivity index (χ1v) is 10.7. The maximum Gasteiger partial charge on any atom is 0.237 e. The van der Waals surface area contributed by atoms with Gasteiger partial charge in [0, 0.05) is 19.6 Å². The molecular formula is C24H31N3O. The van der Waals surface area contributed by atoms with Crippen LogP contribution in [0.4, 0.5) is 0 Å². The van der Waals surface area contributed by atoms with E-state index in [1.807, 2.05) is 0 Å². The second-order valence-corrected chi connectivity index (χ2v) is 8.20. The van der Waals surface area contributed by atoms with Gasteiger partial charge in [-0.1, -0.05) is 54.6 Å². The van der Waals surface area contributed by atoms with Crippen molar-refractivity contribution in [1.29, 1.82) is 0 Å². The van der Waals surface area contributed by atoms with Crippen LogP contribution in [-0.2, 0) is 11.3 Å². The van der Waals surface area contributed by atoms with Crippen LogP contribution in [0.1, 0.15) is 31.2 Å². The highest BCUT2D eigenvalue weighted by Gasteiger charge is 2.24. The Hall–Kier alpha value is -2.17. The first kappa shape index (κ1) is 19.2. The molecule has 2 saturated heterocycles. The van der Waals surface area contributed by atoms with E-state index in [0.29, 0.717) is 5.92 Å². The van der Waals surface area contributed by atoms with Crippen LogP contribution in [0.3, 0.4) is 0 Å². The van der Waals surface area contributed by atoms with Crippen molar-refractivity contribution in [3.8, 4) is 11.1 Å². The lowest BCUT2D eigenvalue weighted by Gasteiger charge is -2.33. The summed E-state index contributed by atoms with van der Waals surface area (Å²) < 4.78 is 0. The Morgan fingerprint density at radius 1 is 1.00 bits per heavy atom. The van der Waals surface area contributed by atoms with E-state index in [4.69, 9.17) is 0 Å². The van der Waals surface area contributed by atoms with Gasteiger partial charge in [-0.3, -0.25) is 9.69 Å². The van der Waals surface area contributed by atoms with E-state index in [1.54, 1.807) is 0 Å². The number of piperidine rings is 1. The number of carbonyl (C=O) groups is 1. The fraction of sp³-hybridized carbons (Fsp3) is 0.458. The van der Waals surface area contributed by atoms with Crippen LogP contribution in [0.2, 0.25) is 0 Å². The zero-order chi connectivity index (χ0) is 19.2. The molecule has 0 bridgehead atoms. The zero-order valence-electron chi connectivity index (χ0n) is 16.6. The molecule has 1 amide bonds. The van der Waals surface area contributed by atoms with Crippen molar-refractivity contribution in [3.63, 3.8) is 0 Å². The van der Waals surface area contributed by atoms with Crippen molar-refractivity contribution < 1.29 is 4.79 Å². The number of amides is 1. The number of benzene rings is 2. The van der Waals surface area contributed by atoms with E-state index >= 15 is 0 Å². The molecule has 2 aliphatic rings. The Balaban J connectivity index is 1.27. The number of hydrogen-bond acceptors (Lipinski definition) is 3. The Bertz CT molecular complexity index is 753. The van der Waals surface area contributed by atoms with Crippen molar-refractivity contribution in [1.82, 2.24) is 15.5 Å². The molecule has 4 nitrogen and oxygen atoms in total. The molecule has 0 aliphatic carbocycles. The molecule has 0 saturated carbocycles. The SMILES string of the molecule is O=C(NCC1CCCN(Cc2ccc(-c3ccccc3)cc2)C1)C1CCCN1. The van der Waals surface area contributed by atoms with Crippen molar-refractivity contribution in [3.05, 3.63) is 60.2 Å². The standard InChI is InChI=1S/C24H31N3O/c28-24(23-9-4-14-25-23)26-16-20-6-5-15-27(18-20)17-19-10-12-22(13-11-19)21-7-2-1-3-8-21/h1-3,7-8,10-13,20,23,25H,4-6,9,14-18H2,(H,26,28). The normalized spacial score (nSPS) is 22.9. The van der Waals surface area contributed by atoms with Crippen molar-refractivity contribution >= 4 is 5.91 Å². The van der Waals surface area contributed by atoms with Gasteiger partial charge in [-0.15, -0.1) is 0 Å². The average Bonchev–Trinajstić information content (AvgIpc) is 3.29. The number of hydrogen-bond donors (Lipinski definition) is 2. The fourth-order valence-electron chi connectivity index (χ4n) is 4.43. The summed E-state index contributed by atoms with van der Waals surface area (Å²) in [4.78, 5) is 14.8. The highest BCUT2D eigenvalue weighted by Crippen LogP contribution is 2.22. The fourth-order valence-corrected chi connectivity index (χ4v) is 4.43. The molecule has 0 spiro atoms. The summed E-state index contributed by atoms with van der Waals surface area (Å²) in [6.07, 6.45) is 4.51. The third-order valence-corrected chi connectivity index (χ3v) is 6.01. The van der Waals surface area contributed by atoms with Crippen molar-refractivity contribution in [2.75, 3.05) is 26.2 Å². The number of likely N-dealkylation sites (tertiary alicyclic amines) is 1. The van der Waals surface area contributed by atoms with Gasteiger partial charge in [0.05, 0.1) is 6.04 Å². The minimum atomic E-state index is 0.0304. The Morgan fingerprint density at radius 2 is 1.79 bits per heavy atom. The van der Waals surface area contributed by atoms with E-state index in [1.165, 1.54) is 29.5 Å². The molecule has 4 rings (SSSR count). The quantitative estimate of drug-likeness (QED) is 0.811. The molecule has 2 atom stereocenters. The number of rotatable bonds is 6. The van der Waals surface area contributed by atoms with Gasteiger partial charge in [-0.25, -0.2) is 0 Å². The van der Waals surface area contributed by atoms with Gasteiger partial charge >= 0.3 is 0 Å². The number of nitrogens with one attached hydrogen (secondary N) is 2. The van der Waals surface area contributed by atoms with Crippen LogP contribution < -0.4 is 10.6 Å². The van der Waals surface area contributed by atoms with Gasteiger partial charge in [0.2, 0.25) is 5.91 Å². The molecule has 2 fully saturated rings. The second kappa shape index (κ2) is 9.35. The van der Waals surface area contributed by atoms with E-state index in [-0.39, 0.29) is 11.9 Å². The predicted molar refractivity (Wildman–Crippen MR) is 114 cm³/mol. The summed E-state index contributed by atoms with van der Waals surface area (Å²) in [6.45, 7) is 4.98. The smallest absolute Gasteiger partial charge is 0.237 e. The highest BCUT2D eigenvalue weighted by atomic mass is 16.2. The summed E-state index contributed by atoms with van der Waals surface area (Å²) >= 11 is 0. The lowest BCUT2D eigenvalue weighted by atomic mass is 9.97. The third-order valence-electron chi connectivity index (χ3n) is 6.01. The number of nitrogens with zero attached hydrogens (tertiary/aromatic N) is 1. The van der Waals surface area contributed by atoms with E-state index in [9.17, 15) is 4.79 Å². The molecule has 2 unspecified atom stereocenters. The molecule has 4 heteroatoms. The van der Waals surface area contributed by atoms with E-state index < -0.39 is 0 Å². The average molecular weight is 378 g/mol. The van der Waals surface area contributed by atoms with E-state index in [0.717, 1.165) is 45.6 Å². The van der Waals surface area contributed by atoms with Crippen LogP contribution in [0.5, 0.6) is 0 Å². The Morgan fingerprint density at radius 3 is 2.54 bits per heavy atom. The minimum absolute atomic E-state index is 0.0304. The largest absolute Gasteiger partial charge is 0.354 e. The molecule has 2 aromatic rings. The maximum absolute atomic E-state index is 12.2. The van der Waals surface area contributed by atoms with Crippen molar-refractivity contribution in [2.24, 2.45) is 5.92 Å². The van der Waals surface area contributed by atoms with Gasteiger partial charge in [0.25, 0.3) is 0 Å². The molecule has 28 heavy (non-hydrogen) atoms. The van der Waals surface area contributed by atoms with Gasteiger partial charge in [0.15, 0.2) is 0 Å². The maximum atomic E-state index is 12.2. The molecule has 0 radical (unpaired) electrons. The predicted octanol–water partition coefficient (Wildman–Crippen LogP) is 3.43. The Labute approximate surface area is 168 Å². The summed E-state index contributed by atoms with van der Waals surface area (Å²) in [7, 11) is 0. The molecule has 2 heterocycles. The molecule has 148 valence electrons. The van der Waals surface area contributed by atoms with Gasteiger partial charge < -0.3 is 10.6 Å². The van der Waals surface area contributed by atoms with Gasteiger partial charge in [-0.05, 0) is 61.4 Å². The van der Waals surface area contributed by atoms with Crippen LogP contribution in [0.25, 0.3) is 11.1 Å². The topological polar surface area (TPSA) is 44.4 Å². The van der Waals surface area contributed by atoms with Gasteiger partial charge in [0.1, 0.15) is 0 Å². The lowest BCUT2D eigenvalue weighted by molar-refractivity contribution is -0.123. The molecule has 2 N–H and O–H groups in total. The van der Waals surface area contributed by atoms with Crippen molar-refractivity contribution in [2.45, 2.75) is 38.3 Å². The monoisotopic (exact) mass is 377 g/mol. The first-order valence-electron chi connectivity index (χ1n) is 10.7. The van der Waals surface area contributed by atoms with Crippen LogP contribution in [0.15, 0.2) is 54.6 Å². The Kier molecular flexibility index (Phi) is 6.40. The summed E-state index contributed by atoms with van der Waals surface area (Å²) in [5, 5.41) is 6.46. The highest BCUT2D eigenvalue weighted by molar-refractivity contribution is 5.82. The first-order chi connectivity index (χ1) is 13.8. The van der Waals surface area contributed by atoms with Crippen LogP contribution >= 0.6 is 0 Å². The second-order valence-electron chi connectivity index (χ2n) is 8.20. The van der Waals surface area contributed by atoms with E-state index in [2.05, 4.69) is 70.1 Å². The summed E-state index contributed by atoms with van der Waals surface area (Å²) in [5.41, 5.74) is 3.89. The summed E-state index contributed by atoms with van der Waals surface area (Å²) in [5.74, 6) is 0.744. The third kappa shape index (κ3) is 5.00. The number of carbonyl (C=O) groups excluding carboxylic acids is 1. The van der Waals surface area contributed by atoms with Crippen LogP contribution in [0, 0.1) is 5.92 Å². The summed E-state index contributed by atoms with van der Waals surface area (Å²) in [6, 6.07) is 19.5. The molecule has 2 aliphatic heterocycles. The zero-order valence-corrected chi connectivity index (χ0v) is 16.6. The molecule has 2 aromatic carbocycles. The molecule has 0 aromatic heterocycles. The van der Waals surface area contributed by atoms with Gasteiger partial charge in [-0.2, -0.15) is 0 Å². The molecular weight excluding hydrogens is 346 g/mol. The van der Waals surface area contributed by atoms with Crippen LogP contribution in [-0.4, -0.2) is 43.0 Å².